The second-order valence-electron chi connectivity index (χ2n) is 7.68. The highest BCUT2D eigenvalue weighted by molar-refractivity contribution is 6.16. The van der Waals surface area contributed by atoms with E-state index in [-0.39, 0.29) is 17.1 Å². The molecule has 0 saturated heterocycles. The Kier molecular flexibility index (Phi) is 5.72. The van der Waals surface area contributed by atoms with Crippen LogP contribution < -0.4 is 15.8 Å². The number of para-hydroxylation sites is 3. The van der Waals surface area contributed by atoms with Crippen LogP contribution in [0.5, 0.6) is 11.5 Å². The SMILES string of the molecule is CCOc1cc(C=Nn2c(N)c(C(=O)Nc3ccccc3)c3nc4ccccc4nc32)ccc1O. The van der Waals surface area contributed by atoms with E-state index in [2.05, 4.69) is 20.4 Å². The number of nitrogens with zero attached hydrogens (tertiary/aromatic N) is 4. The van der Waals surface area contributed by atoms with E-state index in [0.717, 1.165) is 0 Å². The van der Waals surface area contributed by atoms with Gasteiger partial charge >= 0.3 is 0 Å². The molecule has 0 atom stereocenters. The predicted octanol–water partition coefficient (Wildman–Crippen LogP) is 4.41. The van der Waals surface area contributed by atoms with Crippen molar-refractivity contribution in [2.45, 2.75) is 6.92 Å². The number of carbonyl (C=O) groups is 1. The maximum Gasteiger partial charge on any atom is 0.261 e. The lowest BCUT2D eigenvalue weighted by Crippen LogP contribution is -2.14. The van der Waals surface area contributed by atoms with Crippen molar-refractivity contribution in [1.82, 2.24) is 14.6 Å². The zero-order valence-electron chi connectivity index (χ0n) is 18.8. The fourth-order valence-electron chi connectivity index (χ4n) is 3.71. The topological polar surface area (TPSA) is 128 Å². The standard InChI is InChI=1S/C26H22N6O3/c1-2-35-21-14-16(12-13-20(21)33)15-28-32-24(27)22(26(34)29-17-8-4-3-5-9-17)23-25(32)31-19-11-7-6-10-18(19)30-23/h3-15,33H,2,27H2,1H3,(H,29,34). The van der Waals surface area contributed by atoms with Gasteiger partial charge in [0.05, 0.1) is 23.9 Å². The Labute approximate surface area is 200 Å². The van der Waals surface area contributed by atoms with E-state index in [1.807, 2.05) is 49.4 Å². The number of ether oxygens (including phenoxy) is 1. The van der Waals surface area contributed by atoms with Crippen LogP contribution >= 0.6 is 0 Å². The van der Waals surface area contributed by atoms with Crippen LogP contribution in [-0.4, -0.2) is 38.5 Å². The van der Waals surface area contributed by atoms with Gasteiger partial charge in [-0.2, -0.15) is 9.78 Å². The second-order valence-corrected chi connectivity index (χ2v) is 7.68. The van der Waals surface area contributed by atoms with E-state index < -0.39 is 5.91 Å². The number of aromatic hydroxyl groups is 1. The third-order valence-corrected chi connectivity index (χ3v) is 5.34. The van der Waals surface area contributed by atoms with Crippen molar-refractivity contribution in [3.8, 4) is 11.5 Å². The Morgan fingerprint density at radius 2 is 1.80 bits per heavy atom. The number of nitrogen functional groups attached to an aromatic ring is 1. The van der Waals surface area contributed by atoms with Gasteiger partial charge in [0, 0.05) is 5.69 Å². The molecule has 1 amide bonds. The first-order valence-electron chi connectivity index (χ1n) is 11.0. The fourth-order valence-corrected chi connectivity index (χ4v) is 3.71. The Morgan fingerprint density at radius 3 is 2.54 bits per heavy atom. The summed E-state index contributed by atoms with van der Waals surface area (Å²) in [7, 11) is 0. The number of rotatable bonds is 6. The Balaban J connectivity index is 1.63. The summed E-state index contributed by atoms with van der Waals surface area (Å²) in [5.41, 5.74) is 9.88. The van der Waals surface area contributed by atoms with Crippen LogP contribution in [0.25, 0.3) is 22.2 Å². The lowest BCUT2D eigenvalue weighted by atomic mass is 10.2. The van der Waals surface area contributed by atoms with Gasteiger partial charge in [0.2, 0.25) is 0 Å². The van der Waals surface area contributed by atoms with Gasteiger partial charge in [-0.25, -0.2) is 9.97 Å². The Bertz CT molecular complexity index is 1580. The highest BCUT2D eigenvalue weighted by Gasteiger charge is 2.24. The molecule has 9 nitrogen and oxygen atoms in total. The molecule has 3 aromatic carbocycles. The Hall–Kier alpha value is -4.92. The third-order valence-electron chi connectivity index (χ3n) is 5.34. The van der Waals surface area contributed by atoms with Crippen LogP contribution in [0.3, 0.4) is 0 Å². The molecule has 4 N–H and O–H groups in total. The van der Waals surface area contributed by atoms with Gasteiger partial charge in [0.15, 0.2) is 17.1 Å². The van der Waals surface area contributed by atoms with Crippen molar-refractivity contribution in [3.63, 3.8) is 0 Å². The number of nitrogens with two attached hydrogens (primary N) is 1. The van der Waals surface area contributed by atoms with E-state index >= 15 is 0 Å². The summed E-state index contributed by atoms with van der Waals surface area (Å²) >= 11 is 0. The summed E-state index contributed by atoms with van der Waals surface area (Å²) in [6, 6.07) is 21.3. The summed E-state index contributed by atoms with van der Waals surface area (Å²) in [5.74, 6) is 0.0620. The molecule has 0 spiro atoms. The lowest BCUT2D eigenvalue weighted by Gasteiger charge is -2.06. The van der Waals surface area contributed by atoms with E-state index in [4.69, 9.17) is 10.5 Å². The second kappa shape index (κ2) is 9.14. The van der Waals surface area contributed by atoms with Gasteiger partial charge in [-0.3, -0.25) is 4.79 Å². The molecule has 0 aliphatic heterocycles. The third kappa shape index (κ3) is 4.22. The molecular weight excluding hydrogens is 444 g/mol. The first kappa shape index (κ1) is 21.9. The molecule has 5 rings (SSSR count). The number of phenols is 1. The summed E-state index contributed by atoms with van der Waals surface area (Å²) in [6.07, 6.45) is 1.55. The van der Waals surface area contributed by atoms with Crippen molar-refractivity contribution < 1.29 is 14.6 Å². The summed E-state index contributed by atoms with van der Waals surface area (Å²) < 4.78 is 6.84. The maximum atomic E-state index is 13.3. The van der Waals surface area contributed by atoms with Gasteiger partial charge in [-0.15, -0.1) is 0 Å². The molecular formula is C26H22N6O3. The van der Waals surface area contributed by atoms with Crippen LogP contribution in [-0.2, 0) is 0 Å². The molecule has 0 aliphatic carbocycles. The molecule has 2 aromatic heterocycles. The van der Waals surface area contributed by atoms with E-state index in [9.17, 15) is 9.90 Å². The quantitative estimate of drug-likeness (QED) is 0.318. The summed E-state index contributed by atoms with van der Waals surface area (Å²) in [6.45, 7) is 2.24. The minimum Gasteiger partial charge on any atom is -0.504 e. The highest BCUT2D eigenvalue weighted by atomic mass is 16.5. The van der Waals surface area contributed by atoms with Crippen LogP contribution in [0.2, 0.25) is 0 Å². The van der Waals surface area contributed by atoms with Crippen LogP contribution in [0, 0.1) is 0 Å². The molecule has 0 unspecified atom stereocenters. The van der Waals surface area contributed by atoms with E-state index in [0.29, 0.717) is 45.8 Å². The smallest absolute Gasteiger partial charge is 0.261 e. The van der Waals surface area contributed by atoms with Crippen LogP contribution in [0.1, 0.15) is 22.8 Å². The molecule has 35 heavy (non-hydrogen) atoms. The van der Waals surface area contributed by atoms with Gasteiger partial charge in [-0.1, -0.05) is 30.3 Å². The van der Waals surface area contributed by atoms with Gasteiger partial charge < -0.3 is 20.9 Å². The molecule has 0 fully saturated rings. The first-order valence-corrected chi connectivity index (χ1v) is 11.0. The fraction of sp³-hybridized carbons (Fsp3) is 0.0769. The van der Waals surface area contributed by atoms with Gasteiger partial charge in [-0.05, 0) is 55.0 Å². The first-order chi connectivity index (χ1) is 17.0. The van der Waals surface area contributed by atoms with Crippen molar-refractivity contribution in [2.24, 2.45) is 5.10 Å². The number of amides is 1. The zero-order valence-corrected chi connectivity index (χ0v) is 18.8. The summed E-state index contributed by atoms with van der Waals surface area (Å²) in [4.78, 5) is 22.6. The molecule has 174 valence electrons. The highest BCUT2D eigenvalue weighted by Crippen LogP contribution is 2.29. The lowest BCUT2D eigenvalue weighted by molar-refractivity contribution is 0.102. The van der Waals surface area contributed by atoms with Gasteiger partial charge in [0.25, 0.3) is 5.91 Å². The molecule has 9 heteroatoms. The van der Waals surface area contributed by atoms with Crippen molar-refractivity contribution in [1.29, 1.82) is 0 Å². The number of hydrogen-bond donors (Lipinski definition) is 3. The normalized spacial score (nSPS) is 11.3. The van der Waals surface area contributed by atoms with Crippen LogP contribution in [0.15, 0.2) is 77.9 Å². The van der Waals surface area contributed by atoms with Gasteiger partial charge in [0.1, 0.15) is 16.9 Å². The monoisotopic (exact) mass is 466 g/mol. The van der Waals surface area contributed by atoms with E-state index in [1.54, 1.807) is 30.5 Å². The molecule has 2 heterocycles. The molecule has 5 aromatic rings. The Morgan fingerprint density at radius 1 is 1.09 bits per heavy atom. The molecule has 0 aliphatic rings. The van der Waals surface area contributed by atoms with Crippen LogP contribution in [0.4, 0.5) is 11.5 Å². The number of hydrogen-bond acceptors (Lipinski definition) is 7. The van der Waals surface area contributed by atoms with Crippen molar-refractivity contribution in [2.75, 3.05) is 17.7 Å². The number of fused-ring (bicyclic) bond motifs is 2. The molecule has 0 bridgehead atoms. The largest absolute Gasteiger partial charge is 0.504 e. The average molecular weight is 467 g/mol. The number of aromatic nitrogens is 3. The zero-order chi connectivity index (χ0) is 24.4. The maximum absolute atomic E-state index is 13.3. The summed E-state index contributed by atoms with van der Waals surface area (Å²) in [5, 5.41) is 17.3. The molecule has 0 saturated carbocycles. The minimum atomic E-state index is -0.416. The minimum absolute atomic E-state index is 0.0344. The molecule has 0 radical (unpaired) electrons. The average Bonchev–Trinajstić information content (AvgIpc) is 3.13. The number of nitrogens with one attached hydrogen (secondary N) is 1. The number of phenolic OH excluding ortho intramolecular Hbond substituents is 1. The van der Waals surface area contributed by atoms with Crippen molar-refractivity contribution in [3.05, 3.63) is 83.9 Å². The number of carbonyl (C=O) groups excluding carboxylic acids is 1. The number of anilines is 2. The number of benzene rings is 3. The van der Waals surface area contributed by atoms with Crippen molar-refractivity contribution >= 4 is 45.8 Å². The van der Waals surface area contributed by atoms with E-state index in [1.165, 1.54) is 10.7 Å². The predicted molar refractivity (Wildman–Crippen MR) is 136 cm³/mol.